The van der Waals surface area contributed by atoms with Crippen LogP contribution in [0, 0.1) is 0 Å². The monoisotopic (exact) mass is 254 g/mol. The lowest BCUT2D eigenvalue weighted by Gasteiger charge is -2.14. The number of nitrogens with one attached hydrogen (secondary N) is 1. The van der Waals surface area contributed by atoms with Crippen molar-refractivity contribution in [2.24, 2.45) is 0 Å². The Labute approximate surface area is 113 Å². The number of carbonyl (C=O) groups is 1. The van der Waals surface area contributed by atoms with Crippen LogP contribution in [0.25, 0.3) is 0 Å². The SMILES string of the molecule is CC(Cc1ccccc1)NC(=O)c1cccc(N)c1. The van der Waals surface area contributed by atoms with Crippen LogP contribution in [0.4, 0.5) is 5.69 Å². The minimum Gasteiger partial charge on any atom is -0.399 e. The number of amides is 1. The fourth-order valence-corrected chi connectivity index (χ4v) is 2.01. The molecule has 0 saturated heterocycles. The summed E-state index contributed by atoms with van der Waals surface area (Å²) in [7, 11) is 0. The average molecular weight is 254 g/mol. The zero-order valence-corrected chi connectivity index (χ0v) is 11.0. The number of nitrogens with two attached hydrogens (primary N) is 1. The maximum absolute atomic E-state index is 12.0. The molecule has 0 aromatic heterocycles. The van der Waals surface area contributed by atoms with Gasteiger partial charge >= 0.3 is 0 Å². The first-order chi connectivity index (χ1) is 9.15. The Morgan fingerprint density at radius 2 is 1.89 bits per heavy atom. The predicted molar refractivity (Wildman–Crippen MR) is 77.9 cm³/mol. The molecule has 98 valence electrons. The standard InChI is InChI=1S/C16H18N2O/c1-12(10-13-6-3-2-4-7-13)18-16(19)14-8-5-9-15(17)11-14/h2-9,11-12H,10,17H2,1H3,(H,18,19). The van der Waals surface area contributed by atoms with Crippen molar-refractivity contribution in [1.29, 1.82) is 0 Å². The maximum Gasteiger partial charge on any atom is 0.251 e. The van der Waals surface area contributed by atoms with Crippen LogP contribution < -0.4 is 11.1 Å². The Kier molecular flexibility index (Phi) is 4.18. The summed E-state index contributed by atoms with van der Waals surface area (Å²) in [6.45, 7) is 2.00. The van der Waals surface area contributed by atoms with Gasteiger partial charge in [-0.1, -0.05) is 36.4 Å². The molecule has 0 saturated carbocycles. The van der Waals surface area contributed by atoms with E-state index >= 15 is 0 Å². The lowest BCUT2D eigenvalue weighted by Crippen LogP contribution is -2.34. The van der Waals surface area contributed by atoms with Crippen molar-refractivity contribution in [3.63, 3.8) is 0 Å². The van der Waals surface area contributed by atoms with E-state index in [9.17, 15) is 4.79 Å². The molecule has 3 heteroatoms. The van der Waals surface area contributed by atoms with Gasteiger partial charge in [0.05, 0.1) is 0 Å². The fourth-order valence-electron chi connectivity index (χ4n) is 2.01. The third-order valence-electron chi connectivity index (χ3n) is 2.91. The van der Waals surface area contributed by atoms with E-state index in [-0.39, 0.29) is 11.9 Å². The number of hydrogen-bond acceptors (Lipinski definition) is 2. The third kappa shape index (κ3) is 3.85. The van der Waals surface area contributed by atoms with Crippen LogP contribution >= 0.6 is 0 Å². The van der Waals surface area contributed by atoms with E-state index < -0.39 is 0 Å². The van der Waals surface area contributed by atoms with Gasteiger partial charge in [-0.3, -0.25) is 4.79 Å². The van der Waals surface area contributed by atoms with Gasteiger partial charge in [-0.05, 0) is 37.1 Å². The summed E-state index contributed by atoms with van der Waals surface area (Å²) in [6.07, 6.45) is 0.814. The fraction of sp³-hybridized carbons (Fsp3) is 0.188. The Balaban J connectivity index is 1.95. The number of carbonyl (C=O) groups excluding carboxylic acids is 1. The zero-order chi connectivity index (χ0) is 13.7. The van der Waals surface area contributed by atoms with Crippen LogP contribution in [-0.4, -0.2) is 11.9 Å². The minimum absolute atomic E-state index is 0.0799. The molecule has 0 aliphatic rings. The molecule has 1 atom stereocenters. The molecular weight excluding hydrogens is 236 g/mol. The molecule has 3 nitrogen and oxygen atoms in total. The van der Waals surface area contributed by atoms with E-state index in [0.29, 0.717) is 11.3 Å². The van der Waals surface area contributed by atoms with Crippen LogP contribution in [0.3, 0.4) is 0 Å². The van der Waals surface area contributed by atoms with Crippen molar-refractivity contribution in [1.82, 2.24) is 5.32 Å². The molecule has 1 amide bonds. The molecule has 0 aliphatic carbocycles. The highest BCUT2D eigenvalue weighted by Crippen LogP contribution is 2.08. The first kappa shape index (κ1) is 13.1. The topological polar surface area (TPSA) is 55.1 Å². The second kappa shape index (κ2) is 6.05. The molecule has 0 bridgehead atoms. The largest absolute Gasteiger partial charge is 0.399 e. The number of benzene rings is 2. The van der Waals surface area contributed by atoms with Crippen LogP contribution in [0.15, 0.2) is 54.6 Å². The predicted octanol–water partition coefficient (Wildman–Crippen LogP) is 2.63. The van der Waals surface area contributed by atoms with Gasteiger partial charge in [0.25, 0.3) is 5.91 Å². The van der Waals surface area contributed by atoms with Crippen molar-refractivity contribution < 1.29 is 4.79 Å². The van der Waals surface area contributed by atoms with E-state index in [4.69, 9.17) is 5.73 Å². The lowest BCUT2D eigenvalue weighted by atomic mass is 10.1. The molecule has 0 radical (unpaired) electrons. The average Bonchev–Trinajstić information content (AvgIpc) is 2.39. The number of rotatable bonds is 4. The van der Waals surface area contributed by atoms with Gasteiger partial charge < -0.3 is 11.1 Å². The highest BCUT2D eigenvalue weighted by atomic mass is 16.1. The second-order valence-corrected chi connectivity index (χ2v) is 4.69. The van der Waals surface area contributed by atoms with E-state index in [1.165, 1.54) is 5.56 Å². The first-order valence-corrected chi connectivity index (χ1v) is 6.35. The second-order valence-electron chi connectivity index (χ2n) is 4.69. The van der Waals surface area contributed by atoms with Gasteiger partial charge in [0.2, 0.25) is 0 Å². The van der Waals surface area contributed by atoms with E-state index in [0.717, 1.165) is 6.42 Å². The molecule has 1 unspecified atom stereocenters. The van der Waals surface area contributed by atoms with Crippen molar-refractivity contribution in [2.45, 2.75) is 19.4 Å². The van der Waals surface area contributed by atoms with Gasteiger partial charge in [-0.25, -0.2) is 0 Å². The van der Waals surface area contributed by atoms with E-state index in [2.05, 4.69) is 17.4 Å². The molecule has 2 rings (SSSR count). The molecule has 0 fully saturated rings. The molecule has 3 N–H and O–H groups in total. The summed E-state index contributed by atoms with van der Waals surface area (Å²) in [4.78, 5) is 12.0. The molecule has 2 aromatic rings. The van der Waals surface area contributed by atoms with Crippen LogP contribution in [0.2, 0.25) is 0 Å². The number of anilines is 1. The Morgan fingerprint density at radius 1 is 1.16 bits per heavy atom. The maximum atomic E-state index is 12.0. The summed E-state index contributed by atoms with van der Waals surface area (Å²) in [5.74, 6) is -0.0873. The quantitative estimate of drug-likeness (QED) is 0.824. The van der Waals surface area contributed by atoms with Crippen molar-refractivity contribution in [3.05, 3.63) is 65.7 Å². The highest BCUT2D eigenvalue weighted by molar-refractivity contribution is 5.95. The smallest absolute Gasteiger partial charge is 0.251 e. The Morgan fingerprint density at radius 3 is 2.58 bits per heavy atom. The Bertz CT molecular complexity index is 552. The van der Waals surface area contributed by atoms with E-state index in [1.807, 2.05) is 25.1 Å². The summed E-state index contributed by atoms with van der Waals surface area (Å²) >= 11 is 0. The van der Waals surface area contributed by atoms with Gasteiger partial charge in [0, 0.05) is 17.3 Å². The van der Waals surface area contributed by atoms with Gasteiger partial charge in [-0.15, -0.1) is 0 Å². The van der Waals surface area contributed by atoms with Gasteiger partial charge in [0.1, 0.15) is 0 Å². The highest BCUT2D eigenvalue weighted by Gasteiger charge is 2.10. The molecule has 0 spiro atoms. The normalized spacial score (nSPS) is 11.8. The summed E-state index contributed by atoms with van der Waals surface area (Å²) < 4.78 is 0. The lowest BCUT2D eigenvalue weighted by molar-refractivity contribution is 0.0940. The number of nitrogen functional groups attached to an aromatic ring is 1. The molecule has 2 aromatic carbocycles. The van der Waals surface area contributed by atoms with Crippen LogP contribution in [-0.2, 0) is 6.42 Å². The van der Waals surface area contributed by atoms with Crippen molar-refractivity contribution in [3.8, 4) is 0 Å². The van der Waals surface area contributed by atoms with Crippen molar-refractivity contribution in [2.75, 3.05) is 5.73 Å². The molecule has 0 aliphatic heterocycles. The summed E-state index contributed by atoms with van der Waals surface area (Å²) in [5, 5.41) is 2.98. The van der Waals surface area contributed by atoms with Gasteiger partial charge in [-0.2, -0.15) is 0 Å². The van der Waals surface area contributed by atoms with Crippen LogP contribution in [0.5, 0.6) is 0 Å². The third-order valence-corrected chi connectivity index (χ3v) is 2.91. The molecular formula is C16H18N2O. The minimum atomic E-state index is -0.0873. The van der Waals surface area contributed by atoms with Crippen LogP contribution in [0.1, 0.15) is 22.8 Å². The zero-order valence-electron chi connectivity index (χ0n) is 11.0. The Hall–Kier alpha value is -2.29. The van der Waals surface area contributed by atoms with E-state index in [1.54, 1.807) is 24.3 Å². The molecule has 19 heavy (non-hydrogen) atoms. The summed E-state index contributed by atoms with van der Waals surface area (Å²) in [5.41, 5.74) is 8.08. The summed E-state index contributed by atoms with van der Waals surface area (Å²) in [6, 6.07) is 17.2. The number of hydrogen-bond donors (Lipinski definition) is 2. The van der Waals surface area contributed by atoms with Gasteiger partial charge in [0.15, 0.2) is 0 Å². The first-order valence-electron chi connectivity index (χ1n) is 6.35. The molecule has 0 heterocycles. The van der Waals surface area contributed by atoms with Crippen molar-refractivity contribution >= 4 is 11.6 Å².